The van der Waals surface area contributed by atoms with Crippen LogP contribution in [0.15, 0.2) is 42.5 Å². The van der Waals surface area contributed by atoms with Crippen LogP contribution in [0.4, 0.5) is 5.69 Å². The van der Waals surface area contributed by atoms with Crippen molar-refractivity contribution in [2.45, 2.75) is 38.5 Å². The van der Waals surface area contributed by atoms with E-state index in [1.54, 1.807) is 42.5 Å². The van der Waals surface area contributed by atoms with Crippen LogP contribution in [0.1, 0.15) is 52.2 Å². The van der Waals surface area contributed by atoms with Gasteiger partial charge < -0.3 is 15.0 Å². The van der Waals surface area contributed by atoms with Gasteiger partial charge in [0.1, 0.15) is 6.02 Å². The van der Waals surface area contributed by atoms with Gasteiger partial charge in [-0.25, -0.2) is 0 Å². The number of ether oxygens (including phenoxy) is 1. The molecule has 0 aliphatic carbocycles. The van der Waals surface area contributed by atoms with Gasteiger partial charge in [-0.2, -0.15) is 0 Å². The summed E-state index contributed by atoms with van der Waals surface area (Å²) in [5, 5.41) is 5.34. The highest BCUT2D eigenvalue weighted by molar-refractivity contribution is 6.06. The lowest BCUT2D eigenvalue weighted by atomic mass is 10.0. The molecule has 0 spiro atoms. The van der Waals surface area contributed by atoms with Gasteiger partial charge in [-0.05, 0) is 29.7 Å². The smallest absolute Gasteiger partial charge is 0.255 e. The van der Waals surface area contributed by atoms with Gasteiger partial charge in [0.25, 0.3) is 5.91 Å². The van der Waals surface area contributed by atoms with E-state index in [0.717, 1.165) is 4.90 Å². The maximum absolute atomic E-state index is 13.2. The minimum absolute atomic E-state index is 0.0531. The molecule has 3 aliphatic rings. The van der Waals surface area contributed by atoms with E-state index in [4.69, 9.17) is 12.3 Å². The van der Waals surface area contributed by atoms with E-state index in [1.165, 1.54) is 0 Å². The molecule has 3 amide bonds. The molecule has 0 bridgehead atoms. The van der Waals surface area contributed by atoms with E-state index in [0.29, 0.717) is 32.8 Å². The molecule has 3 aliphatic heterocycles. The number of anilines is 1. The number of morpholine rings is 1. The van der Waals surface area contributed by atoms with Crippen LogP contribution in [0.3, 0.4) is 0 Å². The zero-order valence-electron chi connectivity index (χ0n) is 26.6. The lowest BCUT2D eigenvalue weighted by Crippen LogP contribution is -2.52. The molecule has 2 aromatic rings. The van der Waals surface area contributed by atoms with Crippen molar-refractivity contribution in [3.05, 3.63) is 64.7 Å². The van der Waals surface area contributed by atoms with Crippen LogP contribution in [0.25, 0.3) is 0 Å². The highest BCUT2D eigenvalue weighted by Gasteiger charge is 2.39. The summed E-state index contributed by atoms with van der Waals surface area (Å²) in [6.45, 7) is -12.8. The molecule has 2 N–H and O–H groups in total. The van der Waals surface area contributed by atoms with Gasteiger partial charge in [-0.15, -0.1) is 0 Å². The van der Waals surface area contributed by atoms with E-state index < -0.39 is 56.4 Å². The van der Waals surface area contributed by atoms with Crippen molar-refractivity contribution in [1.29, 1.82) is 0 Å². The van der Waals surface area contributed by atoms with E-state index in [9.17, 15) is 14.4 Å². The largest absolute Gasteiger partial charge is 0.381 e. The second kappa shape index (κ2) is 9.33. The van der Waals surface area contributed by atoms with Crippen LogP contribution >= 0.6 is 0 Å². The first-order valence-electron chi connectivity index (χ1n) is 15.0. The average molecular weight is 458 g/mol. The molecule has 3 heterocycles. The summed E-state index contributed by atoms with van der Waals surface area (Å²) < 4.78 is 78.2. The Kier molecular flexibility index (Phi) is 3.81. The quantitative estimate of drug-likeness (QED) is 0.644. The normalized spacial score (nSPS) is 33.5. The number of nitrogens with one attached hydrogen (secondary N) is 2. The Bertz CT molecular complexity index is 1450. The molecular formula is C25H28N4O4. The summed E-state index contributed by atoms with van der Waals surface area (Å²) in [6, 6.07) is 9.61. The Balaban J connectivity index is 1.39. The molecule has 0 aromatic heterocycles. The number of rotatable bonds is 6. The van der Waals surface area contributed by atoms with Crippen LogP contribution in [0, 0.1) is 0 Å². The van der Waals surface area contributed by atoms with Gasteiger partial charge >= 0.3 is 0 Å². The zero-order valence-corrected chi connectivity index (χ0v) is 17.6. The fourth-order valence-electron chi connectivity index (χ4n) is 4.11. The number of amides is 3. The van der Waals surface area contributed by atoms with Gasteiger partial charge in [0, 0.05) is 61.3 Å². The Hall–Kier alpha value is -3.23. The van der Waals surface area contributed by atoms with Crippen molar-refractivity contribution in [2.75, 3.05) is 31.4 Å². The van der Waals surface area contributed by atoms with Gasteiger partial charge in [0.05, 0.1) is 20.0 Å². The number of carbonyl (C=O) groups is 3. The number of imide groups is 1. The Morgan fingerprint density at radius 1 is 1.09 bits per heavy atom. The zero-order chi connectivity index (χ0) is 30.9. The van der Waals surface area contributed by atoms with Gasteiger partial charge in [0.15, 0.2) is 0 Å². The van der Waals surface area contributed by atoms with Crippen molar-refractivity contribution in [2.24, 2.45) is 0 Å². The topological polar surface area (TPSA) is 91.0 Å². The third-order valence-electron chi connectivity index (χ3n) is 5.78. The number of piperidine rings is 1. The maximum Gasteiger partial charge on any atom is 0.255 e. The number of hydrogen-bond acceptors (Lipinski definition) is 6. The number of fused-ring (bicyclic) bond motifs is 1. The molecule has 5 rings (SSSR count). The molecule has 1 atom stereocenters. The Morgan fingerprint density at radius 2 is 1.88 bits per heavy atom. The summed E-state index contributed by atoms with van der Waals surface area (Å²) in [7, 11) is 0. The molecule has 0 saturated carbocycles. The van der Waals surface area contributed by atoms with Crippen molar-refractivity contribution < 1.29 is 31.5 Å². The van der Waals surface area contributed by atoms with Gasteiger partial charge in [-0.3, -0.25) is 24.6 Å². The third kappa shape index (κ3) is 4.49. The average Bonchev–Trinajstić information content (AvgIpc) is 3.25. The lowest BCUT2D eigenvalue weighted by Gasteiger charge is -2.29. The Labute approximate surface area is 205 Å². The monoisotopic (exact) mass is 457 g/mol. The first-order chi connectivity index (χ1) is 19.4. The molecule has 2 saturated heterocycles. The first-order valence-corrected chi connectivity index (χ1v) is 10.5. The number of carbonyl (C=O) groups excluding carboxylic acids is 3. The van der Waals surface area contributed by atoms with Crippen LogP contribution in [-0.4, -0.2) is 59.7 Å². The predicted octanol–water partition coefficient (Wildman–Crippen LogP) is 1.89. The van der Waals surface area contributed by atoms with Crippen molar-refractivity contribution in [3.63, 3.8) is 0 Å². The Morgan fingerprint density at radius 3 is 2.67 bits per heavy atom. The van der Waals surface area contributed by atoms with E-state index in [1.807, 2.05) is 0 Å². The summed E-state index contributed by atoms with van der Waals surface area (Å²) >= 11 is 0. The molecule has 172 valence electrons. The molecule has 2 aromatic carbocycles. The SMILES string of the molecule is [2H]C1(N2Cc3c(NCc4ccccc4CN4C([2H])([2H])C([2H])([2H])OC([2H])([2H])C4([2H])[2H])cccc3C2=O)CCC(=O)NC1=O. The molecule has 8 heteroatoms. The van der Waals surface area contributed by atoms with E-state index in [2.05, 4.69) is 15.4 Å². The highest BCUT2D eigenvalue weighted by Crippen LogP contribution is 2.32. The molecule has 1 unspecified atom stereocenters. The standard InChI is InChI=1S/C25H28N4O4/c30-23-9-8-22(24(31)27-23)29-16-20-19(25(29)32)6-3-7-21(20)26-14-17-4-1-2-5-18(17)15-28-10-12-33-13-11-28/h1-7,22,26H,8-16H2,(H,27,30,31)/i10D2,11D2,12D2,13D2,22D. The van der Waals surface area contributed by atoms with Crippen molar-refractivity contribution in [3.8, 4) is 0 Å². The van der Waals surface area contributed by atoms with E-state index >= 15 is 0 Å². The van der Waals surface area contributed by atoms with Crippen molar-refractivity contribution in [1.82, 2.24) is 15.1 Å². The number of benzene rings is 2. The summed E-state index contributed by atoms with van der Waals surface area (Å²) in [6.07, 6.45) is -0.203. The summed E-state index contributed by atoms with van der Waals surface area (Å²) in [4.78, 5) is 39.0. The van der Waals surface area contributed by atoms with Crippen LogP contribution in [-0.2, 0) is 34.0 Å². The van der Waals surface area contributed by atoms with E-state index in [-0.39, 0.29) is 25.9 Å². The second-order valence-corrected chi connectivity index (χ2v) is 7.79. The van der Waals surface area contributed by atoms with Crippen molar-refractivity contribution >= 4 is 23.4 Å². The number of nitrogens with zero attached hydrogens (tertiary/aromatic N) is 2. The van der Waals surface area contributed by atoms with Gasteiger partial charge in [0.2, 0.25) is 11.8 Å². The van der Waals surface area contributed by atoms with Crippen LogP contribution in [0.2, 0.25) is 0 Å². The minimum Gasteiger partial charge on any atom is -0.381 e. The summed E-state index contributed by atoms with van der Waals surface area (Å²) in [5.74, 6) is -1.88. The maximum atomic E-state index is 13.2. The predicted molar refractivity (Wildman–Crippen MR) is 122 cm³/mol. The highest BCUT2D eigenvalue weighted by atomic mass is 16.5. The fraction of sp³-hybridized carbons (Fsp3) is 0.400. The second-order valence-electron chi connectivity index (χ2n) is 7.79. The number of hydrogen-bond donors (Lipinski definition) is 2. The lowest BCUT2D eigenvalue weighted by molar-refractivity contribution is -0.136. The first kappa shape index (κ1) is 13.5. The minimum atomic E-state index is -3.16. The summed E-state index contributed by atoms with van der Waals surface area (Å²) in [5.41, 5.74) is 2.32. The molecule has 0 radical (unpaired) electrons. The van der Waals surface area contributed by atoms with Crippen LogP contribution in [0.5, 0.6) is 0 Å². The molecule has 2 fully saturated rings. The fourth-order valence-corrected chi connectivity index (χ4v) is 4.11. The van der Waals surface area contributed by atoms with Gasteiger partial charge in [-0.1, -0.05) is 30.3 Å². The molecule has 33 heavy (non-hydrogen) atoms. The molecule has 8 nitrogen and oxygen atoms in total. The molecular weight excluding hydrogens is 420 g/mol. The third-order valence-corrected chi connectivity index (χ3v) is 5.78. The van der Waals surface area contributed by atoms with Crippen LogP contribution < -0.4 is 10.6 Å².